The van der Waals surface area contributed by atoms with Gasteiger partial charge in [0.05, 0.1) is 0 Å². The molecule has 16 heavy (non-hydrogen) atoms. The van der Waals surface area contributed by atoms with Gasteiger partial charge in [-0.1, -0.05) is 6.92 Å². The van der Waals surface area contributed by atoms with Crippen LogP contribution in [0.1, 0.15) is 6.92 Å². The summed E-state index contributed by atoms with van der Waals surface area (Å²) in [5.41, 5.74) is 5.96. The number of hydrogen-bond acceptors (Lipinski definition) is 6. The second kappa shape index (κ2) is 4.56. The Morgan fingerprint density at radius 3 is 3.19 bits per heavy atom. The first-order valence-electron chi connectivity index (χ1n) is 4.88. The van der Waals surface area contributed by atoms with Crippen LogP contribution in [0.2, 0.25) is 0 Å². The number of nitrogens with zero attached hydrogens (tertiary/aromatic N) is 2. The first kappa shape index (κ1) is 11.0. The van der Waals surface area contributed by atoms with Crippen molar-refractivity contribution in [3.05, 3.63) is 6.33 Å². The maximum atomic E-state index is 11.7. The van der Waals surface area contributed by atoms with E-state index in [4.69, 9.17) is 10.5 Å². The average molecular weight is 240 g/mol. The number of nitrogens with one attached hydrogen (secondary N) is 1. The van der Waals surface area contributed by atoms with Crippen molar-refractivity contribution in [1.29, 1.82) is 0 Å². The number of nitrogens with two attached hydrogens (primary N) is 1. The second-order valence-electron chi connectivity index (χ2n) is 3.19. The molecule has 1 aliphatic rings. The number of carbonyl (C=O) groups excluding carboxylic acids is 1. The van der Waals surface area contributed by atoms with Gasteiger partial charge in [0.25, 0.3) is 5.91 Å². The first-order valence-corrected chi connectivity index (χ1v) is 6.03. The van der Waals surface area contributed by atoms with Gasteiger partial charge in [-0.2, -0.15) is 16.7 Å². The first-order chi connectivity index (χ1) is 7.72. The fourth-order valence-corrected chi connectivity index (χ4v) is 1.98. The van der Waals surface area contributed by atoms with Gasteiger partial charge in [0, 0.05) is 5.75 Å². The number of carbonyl (C=O) groups is 1. The van der Waals surface area contributed by atoms with Crippen molar-refractivity contribution in [2.45, 2.75) is 13.0 Å². The predicted molar refractivity (Wildman–Crippen MR) is 62.5 cm³/mol. The topological polar surface area (TPSA) is 90.1 Å². The van der Waals surface area contributed by atoms with Gasteiger partial charge in [-0.3, -0.25) is 4.79 Å². The van der Waals surface area contributed by atoms with Crippen molar-refractivity contribution >= 4 is 29.2 Å². The lowest BCUT2D eigenvalue weighted by molar-refractivity contribution is -0.122. The molecule has 0 aliphatic carbocycles. The minimum absolute atomic E-state index is 0.199. The number of rotatable bonds is 3. The van der Waals surface area contributed by atoms with Gasteiger partial charge >= 0.3 is 0 Å². The molecule has 0 aromatic carbocycles. The molecule has 0 radical (unpaired) electrons. The Bertz CT molecular complexity index is 412. The number of aromatic nitrogens is 2. The quantitative estimate of drug-likeness (QED) is 0.800. The van der Waals surface area contributed by atoms with Crippen molar-refractivity contribution in [3.63, 3.8) is 0 Å². The molecule has 0 spiro atoms. The van der Waals surface area contributed by atoms with Crippen molar-refractivity contribution < 1.29 is 9.53 Å². The van der Waals surface area contributed by atoms with Gasteiger partial charge in [-0.25, -0.2) is 4.98 Å². The van der Waals surface area contributed by atoms with Gasteiger partial charge < -0.3 is 15.8 Å². The summed E-state index contributed by atoms with van der Waals surface area (Å²) < 4.78 is 5.46. The zero-order valence-electron chi connectivity index (χ0n) is 8.77. The van der Waals surface area contributed by atoms with Crippen LogP contribution in [0.4, 0.5) is 11.5 Å². The summed E-state index contributed by atoms with van der Waals surface area (Å²) in [5.74, 6) is 1.90. The molecule has 0 saturated heterocycles. The van der Waals surface area contributed by atoms with E-state index in [1.54, 1.807) is 11.8 Å². The van der Waals surface area contributed by atoms with Gasteiger partial charge in [0.1, 0.15) is 12.0 Å². The van der Waals surface area contributed by atoms with Gasteiger partial charge in [0.15, 0.2) is 11.9 Å². The lowest BCUT2D eigenvalue weighted by Gasteiger charge is -2.24. The number of ether oxygens (including phenoxy) is 1. The highest BCUT2D eigenvalue weighted by atomic mass is 32.2. The third-order valence-electron chi connectivity index (χ3n) is 2.11. The Morgan fingerprint density at radius 1 is 1.62 bits per heavy atom. The van der Waals surface area contributed by atoms with E-state index >= 15 is 0 Å². The predicted octanol–water partition coefficient (Wildman–Crippen LogP) is 0.511. The normalized spacial score (nSPS) is 18.6. The lowest BCUT2D eigenvalue weighted by atomic mass is 10.3. The summed E-state index contributed by atoms with van der Waals surface area (Å²) in [6, 6.07) is 0. The van der Waals surface area contributed by atoms with E-state index in [9.17, 15) is 4.79 Å². The summed E-state index contributed by atoms with van der Waals surface area (Å²) in [6.07, 6.45) is 0.808. The van der Waals surface area contributed by atoms with Crippen LogP contribution < -0.4 is 15.8 Å². The van der Waals surface area contributed by atoms with Crippen LogP contribution in [-0.2, 0) is 4.79 Å². The zero-order valence-corrected chi connectivity index (χ0v) is 9.58. The van der Waals surface area contributed by atoms with E-state index in [-0.39, 0.29) is 11.7 Å². The largest absolute Gasteiger partial charge is 0.462 e. The van der Waals surface area contributed by atoms with Crippen LogP contribution in [0.3, 0.4) is 0 Å². The van der Waals surface area contributed by atoms with Crippen LogP contribution >= 0.6 is 11.8 Å². The molecule has 0 bridgehead atoms. The number of anilines is 2. The summed E-state index contributed by atoms with van der Waals surface area (Å²) in [5, 5.41) is 2.66. The molecule has 7 heteroatoms. The highest BCUT2D eigenvalue weighted by Gasteiger charge is 2.29. The third kappa shape index (κ3) is 2.04. The Hall–Kier alpha value is -1.50. The van der Waals surface area contributed by atoms with E-state index in [1.807, 2.05) is 6.92 Å². The van der Waals surface area contributed by atoms with Crippen molar-refractivity contribution in [1.82, 2.24) is 9.97 Å². The molecule has 6 nitrogen and oxygen atoms in total. The molecular formula is C9H12N4O2S. The molecule has 1 atom stereocenters. The highest BCUT2D eigenvalue weighted by Crippen LogP contribution is 2.31. The van der Waals surface area contributed by atoms with Gasteiger partial charge in [-0.15, -0.1) is 0 Å². The average Bonchev–Trinajstić information content (AvgIpc) is 2.28. The smallest absolute Gasteiger partial charge is 0.266 e. The molecule has 1 amide bonds. The molecule has 2 heterocycles. The Morgan fingerprint density at radius 2 is 2.44 bits per heavy atom. The molecule has 86 valence electrons. The fourth-order valence-electron chi connectivity index (χ4n) is 1.32. The summed E-state index contributed by atoms with van der Waals surface area (Å²) in [6.45, 7) is 2.03. The molecule has 2 rings (SSSR count). The van der Waals surface area contributed by atoms with Crippen molar-refractivity contribution in [2.75, 3.05) is 22.6 Å². The minimum Gasteiger partial charge on any atom is -0.462 e. The highest BCUT2D eigenvalue weighted by molar-refractivity contribution is 7.99. The van der Waals surface area contributed by atoms with Crippen LogP contribution in [0.25, 0.3) is 0 Å². The lowest BCUT2D eigenvalue weighted by Crippen LogP contribution is -2.39. The molecule has 0 fully saturated rings. The monoisotopic (exact) mass is 240 g/mol. The van der Waals surface area contributed by atoms with E-state index in [0.29, 0.717) is 17.3 Å². The summed E-state index contributed by atoms with van der Waals surface area (Å²) in [4.78, 5) is 19.4. The minimum atomic E-state index is -0.508. The molecule has 1 aromatic heterocycles. The van der Waals surface area contributed by atoms with Crippen LogP contribution in [0, 0.1) is 0 Å². The maximum Gasteiger partial charge on any atom is 0.266 e. The SMILES string of the molecule is CCSCC1Oc2ncnc(N)c2NC1=O. The number of amides is 1. The fraction of sp³-hybridized carbons (Fsp3) is 0.444. The van der Waals surface area contributed by atoms with Gasteiger partial charge in [0.2, 0.25) is 5.88 Å². The Labute approximate surface area is 97.0 Å². The zero-order chi connectivity index (χ0) is 11.5. The standard InChI is InChI=1S/C9H12N4O2S/c1-2-16-3-5-8(14)13-6-7(10)11-4-12-9(6)15-5/h4-5H,2-3H2,1H3,(H,13,14)(H2,10,11,12). The van der Waals surface area contributed by atoms with E-state index in [0.717, 1.165) is 5.75 Å². The molecule has 0 saturated carbocycles. The second-order valence-corrected chi connectivity index (χ2v) is 4.51. The molecule has 1 aromatic rings. The molecule has 1 aliphatic heterocycles. The van der Waals surface area contributed by atoms with E-state index in [1.165, 1.54) is 6.33 Å². The number of thioether (sulfide) groups is 1. The number of hydrogen-bond donors (Lipinski definition) is 2. The molecule has 3 N–H and O–H groups in total. The van der Waals surface area contributed by atoms with Crippen molar-refractivity contribution in [3.8, 4) is 5.88 Å². The van der Waals surface area contributed by atoms with Crippen LogP contribution in [-0.4, -0.2) is 33.5 Å². The summed E-state index contributed by atoms with van der Waals surface area (Å²) >= 11 is 1.64. The molecule has 1 unspecified atom stereocenters. The summed E-state index contributed by atoms with van der Waals surface area (Å²) in [7, 11) is 0. The van der Waals surface area contributed by atoms with E-state index in [2.05, 4.69) is 15.3 Å². The van der Waals surface area contributed by atoms with E-state index < -0.39 is 6.10 Å². The Kier molecular flexibility index (Phi) is 3.14. The third-order valence-corrected chi connectivity index (χ3v) is 3.06. The van der Waals surface area contributed by atoms with Crippen molar-refractivity contribution in [2.24, 2.45) is 0 Å². The number of fused-ring (bicyclic) bond motifs is 1. The van der Waals surface area contributed by atoms with Crippen LogP contribution in [0.5, 0.6) is 5.88 Å². The Balaban J connectivity index is 2.19. The van der Waals surface area contributed by atoms with Crippen LogP contribution in [0.15, 0.2) is 6.33 Å². The molecular weight excluding hydrogens is 228 g/mol. The maximum absolute atomic E-state index is 11.7. The number of nitrogen functional groups attached to an aromatic ring is 1. The van der Waals surface area contributed by atoms with Gasteiger partial charge in [-0.05, 0) is 5.75 Å².